The Morgan fingerprint density at radius 3 is 2.50 bits per heavy atom. The van der Waals surface area contributed by atoms with Gasteiger partial charge < -0.3 is 9.30 Å². The van der Waals surface area contributed by atoms with Crippen molar-refractivity contribution in [2.75, 3.05) is 0 Å². The van der Waals surface area contributed by atoms with Crippen LogP contribution in [0.4, 0.5) is 0 Å². The number of Topliss-reactive ketones (excluding diaryl/α,β-unsaturated/α-hetero) is 1. The van der Waals surface area contributed by atoms with E-state index >= 15 is 0 Å². The summed E-state index contributed by atoms with van der Waals surface area (Å²) in [5.41, 5.74) is 0.159. The Balaban J connectivity index is 1.99. The van der Waals surface area contributed by atoms with Crippen molar-refractivity contribution in [1.82, 2.24) is 4.57 Å². The molecule has 5 nitrogen and oxygen atoms in total. The molecule has 2 aromatic rings. The highest BCUT2D eigenvalue weighted by molar-refractivity contribution is 9.10. The maximum Gasteiger partial charge on any atom is 0.326 e. The molecule has 0 fully saturated rings. The highest BCUT2D eigenvalue weighted by Crippen LogP contribution is 2.13. The molecular formula is C16H14BrNO4. The fraction of sp³-hybridized carbons (Fsp3) is 0.188. The Kier molecular flexibility index (Phi) is 5.27. The number of carbonyl (C=O) groups excluding carboxylic acids is 2. The quantitative estimate of drug-likeness (QED) is 0.604. The molecule has 114 valence electrons. The molecule has 0 radical (unpaired) electrons. The number of ketones is 1. The van der Waals surface area contributed by atoms with Crippen molar-refractivity contribution < 1.29 is 14.3 Å². The molecule has 0 saturated heterocycles. The van der Waals surface area contributed by atoms with Gasteiger partial charge in [0.05, 0.1) is 0 Å². The predicted octanol–water partition coefficient (Wildman–Crippen LogP) is 2.43. The lowest BCUT2D eigenvalue weighted by Crippen LogP contribution is -2.29. The first-order valence-electron chi connectivity index (χ1n) is 6.62. The molecule has 0 unspecified atom stereocenters. The lowest BCUT2D eigenvalue weighted by Gasteiger charge is -2.13. The van der Waals surface area contributed by atoms with Gasteiger partial charge in [-0.2, -0.15) is 0 Å². The lowest BCUT2D eigenvalue weighted by molar-refractivity contribution is -0.147. The second-order valence-corrected chi connectivity index (χ2v) is 5.59. The van der Waals surface area contributed by atoms with E-state index in [1.807, 2.05) is 0 Å². The van der Waals surface area contributed by atoms with Gasteiger partial charge in [-0.3, -0.25) is 14.4 Å². The first-order valence-corrected chi connectivity index (χ1v) is 7.41. The number of halogens is 1. The van der Waals surface area contributed by atoms with E-state index in [-0.39, 0.29) is 17.9 Å². The minimum Gasteiger partial charge on any atom is -0.453 e. The number of rotatable bonds is 5. The van der Waals surface area contributed by atoms with Crippen LogP contribution in [0.15, 0.2) is 57.9 Å². The fourth-order valence-corrected chi connectivity index (χ4v) is 2.13. The molecule has 2 rings (SSSR count). The Labute approximate surface area is 135 Å². The summed E-state index contributed by atoms with van der Waals surface area (Å²) in [6.45, 7) is 1.29. The Morgan fingerprint density at radius 1 is 1.18 bits per heavy atom. The van der Waals surface area contributed by atoms with Gasteiger partial charge in [0.25, 0.3) is 5.56 Å². The zero-order chi connectivity index (χ0) is 16.1. The van der Waals surface area contributed by atoms with E-state index in [1.165, 1.54) is 23.8 Å². The highest BCUT2D eigenvalue weighted by atomic mass is 79.9. The van der Waals surface area contributed by atoms with Crippen LogP contribution in [0.3, 0.4) is 0 Å². The van der Waals surface area contributed by atoms with E-state index < -0.39 is 12.1 Å². The molecule has 0 saturated carbocycles. The summed E-state index contributed by atoms with van der Waals surface area (Å²) >= 11 is 3.29. The first-order chi connectivity index (χ1) is 10.5. The van der Waals surface area contributed by atoms with Gasteiger partial charge in [-0.15, -0.1) is 0 Å². The van der Waals surface area contributed by atoms with Gasteiger partial charge in [0.2, 0.25) is 5.78 Å². The zero-order valence-electron chi connectivity index (χ0n) is 11.9. The van der Waals surface area contributed by atoms with Gasteiger partial charge in [0.1, 0.15) is 6.54 Å². The number of carbonyl (C=O) groups is 2. The van der Waals surface area contributed by atoms with Crippen LogP contribution in [-0.4, -0.2) is 22.4 Å². The molecule has 0 bridgehead atoms. The standard InChI is InChI=1S/C16H14BrNO4/c1-11(16(21)12-5-7-13(17)8-6-12)22-15(20)10-18-9-3-2-4-14(18)19/h2-9,11H,10H2,1H3/t11-/m0/s1. The molecule has 6 heteroatoms. The minimum atomic E-state index is -0.909. The van der Waals surface area contributed by atoms with Crippen molar-refractivity contribution in [2.24, 2.45) is 0 Å². The van der Waals surface area contributed by atoms with Crippen molar-refractivity contribution in [1.29, 1.82) is 0 Å². The molecule has 1 heterocycles. The third kappa shape index (κ3) is 4.14. The Hall–Kier alpha value is -2.21. The van der Waals surface area contributed by atoms with Crippen molar-refractivity contribution >= 4 is 27.7 Å². The van der Waals surface area contributed by atoms with Crippen molar-refractivity contribution in [2.45, 2.75) is 19.6 Å². The van der Waals surface area contributed by atoms with Gasteiger partial charge >= 0.3 is 5.97 Å². The number of ether oxygens (including phenoxy) is 1. The van der Waals surface area contributed by atoms with Crippen LogP contribution in [0, 0.1) is 0 Å². The highest BCUT2D eigenvalue weighted by Gasteiger charge is 2.19. The summed E-state index contributed by atoms with van der Waals surface area (Å²) in [7, 11) is 0. The van der Waals surface area contributed by atoms with E-state index in [0.29, 0.717) is 5.56 Å². The zero-order valence-corrected chi connectivity index (χ0v) is 13.4. The van der Waals surface area contributed by atoms with Crippen LogP contribution in [0.1, 0.15) is 17.3 Å². The smallest absolute Gasteiger partial charge is 0.326 e. The van der Waals surface area contributed by atoms with E-state index in [1.54, 1.807) is 36.4 Å². The molecule has 22 heavy (non-hydrogen) atoms. The van der Waals surface area contributed by atoms with Crippen molar-refractivity contribution in [3.05, 3.63) is 69.1 Å². The second kappa shape index (κ2) is 7.17. The molecule has 1 atom stereocenters. The van der Waals surface area contributed by atoms with E-state index in [0.717, 1.165) is 4.47 Å². The molecule has 1 aromatic carbocycles. The molecule has 0 aliphatic rings. The number of nitrogens with zero attached hydrogens (tertiary/aromatic N) is 1. The van der Waals surface area contributed by atoms with E-state index in [4.69, 9.17) is 4.74 Å². The molecular weight excluding hydrogens is 350 g/mol. The van der Waals surface area contributed by atoms with E-state index in [2.05, 4.69) is 15.9 Å². The third-order valence-corrected chi connectivity index (χ3v) is 3.53. The number of aromatic nitrogens is 1. The minimum absolute atomic E-state index is 0.225. The Bertz CT molecular complexity index is 736. The number of esters is 1. The summed E-state index contributed by atoms with van der Waals surface area (Å²) in [4.78, 5) is 35.5. The predicted molar refractivity (Wildman–Crippen MR) is 84.7 cm³/mol. The van der Waals surface area contributed by atoms with Crippen LogP contribution >= 0.6 is 15.9 Å². The molecule has 0 amide bonds. The molecule has 0 aliphatic heterocycles. The van der Waals surface area contributed by atoms with Crippen LogP contribution in [0.25, 0.3) is 0 Å². The number of pyridine rings is 1. The normalized spacial score (nSPS) is 11.7. The molecule has 0 N–H and O–H groups in total. The van der Waals surface area contributed by atoms with Crippen LogP contribution < -0.4 is 5.56 Å². The number of benzene rings is 1. The lowest BCUT2D eigenvalue weighted by atomic mass is 10.1. The van der Waals surface area contributed by atoms with Gasteiger partial charge in [-0.1, -0.05) is 34.1 Å². The summed E-state index contributed by atoms with van der Waals surface area (Å²) in [6, 6.07) is 11.4. The van der Waals surface area contributed by atoms with Gasteiger partial charge in [-0.25, -0.2) is 0 Å². The van der Waals surface area contributed by atoms with Crippen LogP contribution in [-0.2, 0) is 16.1 Å². The maximum atomic E-state index is 12.1. The van der Waals surface area contributed by atoms with Gasteiger partial charge in [0, 0.05) is 22.3 Å². The van der Waals surface area contributed by atoms with Crippen molar-refractivity contribution in [3.63, 3.8) is 0 Å². The van der Waals surface area contributed by atoms with Gasteiger partial charge in [0.15, 0.2) is 6.10 Å². The topological polar surface area (TPSA) is 65.4 Å². The fourth-order valence-electron chi connectivity index (χ4n) is 1.87. The second-order valence-electron chi connectivity index (χ2n) is 4.67. The SMILES string of the molecule is C[C@H](OC(=O)Cn1ccccc1=O)C(=O)c1ccc(Br)cc1. The summed E-state index contributed by atoms with van der Waals surface area (Å²) in [5.74, 6) is -0.924. The molecule has 1 aromatic heterocycles. The first kappa shape index (κ1) is 16.2. The molecule has 0 aliphatic carbocycles. The average molecular weight is 364 g/mol. The van der Waals surface area contributed by atoms with Crippen LogP contribution in [0.2, 0.25) is 0 Å². The average Bonchev–Trinajstić information content (AvgIpc) is 2.49. The number of hydrogen-bond donors (Lipinski definition) is 0. The monoisotopic (exact) mass is 363 g/mol. The van der Waals surface area contributed by atoms with Gasteiger partial charge in [-0.05, 0) is 25.1 Å². The van der Waals surface area contributed by atoms with E-state index in [9.17, 15) is 14.4 Å². The molecule has 0 spiro atoms. The summed E-state index contributed by atoms with van der Waals surface area (Å²) < 4.78 is 7.18. The third-order valence-electron chi connectivity index (χ3n) is 3.00. The Morgan fingerprint density at radius 2 is 1.86 bits per heavy atom. The van der Waals surface area contributed by atoms with Crippen LogP contribution in [0.5, 0.6) is 0 Å². The number of hydrogen-bond acceptors (Lipinski definition) is 4. The maximum absolute atomic E-state index is 12.1. The van der Waals surface area contributed by atoms with Crippen molar-refractivity contribution in [3.8, 4) is 0 Å². The summed E-state index contributed by atoms with van der Waals surface area (Å²) in [5, 5.41) is 0. The largest absolute Gasteiger partial charge is 0.453 e. The summed E-state index contributed by atoms with van der Waals surface area (Å²) in [6.07, 6.45) is 0.582.